The molecule has 1 aromatic heterocycles. The van der Waals surface area contributed by atoms with Crippen molar-refractivity contribution in [2.24, 2.45) is 0 Å². The summed E-state index contributed by atoms with van der Waals surface area (Å²) in [5.74, 6) is 0. The largest absolute Gasteiger partial charge is 0.310 e. The van der Waals surface area contributed by atoms with Crippen molar-refractivity contribution in [3.63, 3.8) is 0 Å². The Morgan fingerprint density at radius 2 is 1.76 bits per heavy atom. The number of fused-ring (bicyclic) bond motifs is 1. The number of benzene rings is 1. The van der Waals surface area contributed by atoms with Crippen LogP contribution in [0.4, 0.5) is 0 Å². The summed E-state index contributed by atoms with van der Waals surface area (Å²) < 4.78 is 1.42. The lowest BCUT2D eigenvalue weighted by Gasteiger charge is -2.17. The second-order valence-corrected chi connectivity index (χ2v) is 6.77. The fourth-order valence-electron chi connectivity index (χ4n) is 3.01. The van der Waals surface area contributed by atoms with Gasteiger partial charge in [-0.15, -0.1) is 11.3 Å². The van der Waals surface area contributed by atoms with Crippen LogP contribution in [0.1, 0.15) is 70.4 Å². The molecule has 0 saturated heterocycles. The molecule has 1 heterocycles. The molecular formula is C19H29NS. The molecule has 0 aliphatic carbocycles. The second-order valence-electron chi connectivity index (χ2n) is 5.85. The summed E-state index contributed by atoms with van der Waals surface area (Å²) in [6.07, 6.45) is 9.52. The van der Waals surface area contributed by atoms with Crippen LogP contribution in [0.5, 0.6) is 0 Å². The highest BCUT2D eigenvalue weighted by Crippen LogP contribution is 2.32. The summed E-state index contributed by atoms with van der Waals surface area (Å²) in [4.78, 5) is 0. The lowest BCUT2D eigenvalue weighted by Crippen LogP contribution is -2.20. The number of thiophene rings is 1. The van der Waals surface area contributed by atoms with Gasteiger partial charge in [-0.3, -0.25) is 0 Å². The maximum absolute atomic E-state index is 3.69. The summed E-state index contributed by atoms with van der Waals surface area (Å²) in [6.45, 7) is 5.54. The summed E-state index contributed by atoms with van der Waals surface area (Å²) in [5.41, 5.74) is 1.51. The molecule has 0 radical (unpaired) electrons. The molecule has 0 aliphatic heterocycles. The molecule has 0 spiro atoms. The third kappa shape index (κ3) is 4.82. The Bertz CT molecular complexity index is 517. The van der Waals surface area contributed by atoms with Crippen LogP contribution in [-0.4, -0.2) is 6.54 Å². The van der Waals surface area contributed by atoms with Gasteiger partial charge in [0.05, 0.1) is 0 Å². The van der Waals surface area contributed by atoms with E-state index in [1.54, 1.807) is 0 Å². The van der Waals surface area contributed by atoms with Gasteiger partial charge >= 0.3 is 0 Å². The number of hydrogen-bond donors (Lipinski definition) is 1. The fraction of sp³-hybridized carbons (Fsp3) is 0.579. The van der Waals surface area contributed by atoms with E-state index in [-0.39, 0.29) is 0 Å². The molecule has 0 bridgehead atoms. The van der Waals surface area contributed by atoms with Crippen molar-refractivity contribution in [3.8, 4) is 0 Å². The normalized spacial score (nSPS) is 12.9. The van der Waals surface area contributed by atoms with Crippen LogP contribution >= 0.6 is 11.3 Å². The summed E-state index contributed by atoms with van der Waals surface area (Å²) >= 11 is 1.88. The van der Waals surface area contributed by atoms with E-state index < -0.39 is 0 Å². The third-order valence-corrected chi connectivity index (χ3v) is 5.16. The monoisotopic (exact) mass is 303 g/mol. The van der Waals surface area contributed by atoms with Crippen LogP contribution in [0.15, 0.2) is 29.6 Å². The zero-order valence-corrected chi connectivity index (χ0v) is 14.3. The topological polar surface area (TPSA) is 12.0 Å². The number of nitrogens with one attached hydrogen (secondary N) is 1. The summed E-state index contributed by atoms with van der Waals surface area (Å²) in [5, 5.41) is 7.49. The fourth-order valence-corrected chi connectivity index (χ4v) is 4.03. The number of rotatable bonds is 10. The molecule has 2 aromatic rings. The van der Waals surface area contributed by atoms with E-state index in [2.05, 4.69) is 48.8 Å². The van der Waals surface area contributed by atoms with Gasteiger partial charge in [-0.2, -0.15) is 0 Å². The number of hydrogen-bond acceptors (Lipinski definition) is 2. The lowest BCUT2D eigenvalue weighted by atomic mass is 9.99. The predicted octanol–water partition coefficient (Wildman–Crippen LogP) is 6.30. The predicted molar refractivity (Wildman–Crippen MR) is 96.2 cm³/mol. The number of unbranched alkanes of at least 4 members (excludes halogenated alkanes) is 5. The first-order valence-electron chi connectivity index (χ1n) is 8.56. The molecule has 1 aromatic carbocycles. The first kappa shape index (κ1) is 16.5. The van der Waals surface area contributed by atoms with Crippen LogP contribution in [0.2, 0.25) is 0 Å². The Morgan fingerprint density at radius 1 is 1.00 bits per heavy atom. The van der Waals surface area contributed by atoms with Crippen LogP contribution in [-0.2, 0) is 0 Å². The molecule has 116 valence electrons. The minimum Gasteiger partial charge on any atom is -0.310 e. The van der Waals surface area contributed by atoms with E-state index in [4.69, 9.17) is 0 Å². The lowest BCUT2D eigenvalue weighted by molar-refractivity contribution is 0.480. The van der Waals surface area contributed by atoms with E-state index in [9.17, 15) is 0 Å². The molecule has 0 fully saturated rings. The van der Waals surface area contributed by atoms with Gasteiger partial charge in [0.2, 0.25) is 0 Å². The first-order chi connectivity index (χ1) is 10.4. The van der Waals surface area contributed by atoms with Gasteiger partial charge in [0.1, 0.15) is 0 Å². The van der Waals surface area contributed by atoms with Crippen molar-refractivity contribution in [3.05, 3.63) is 35.2 Å². The van der Waals surface area contributed by atoms with Gasteiger partial charge in [0.15, 0.2) is 0 Å². The van der Waals surface area contributed by atoms with E-state index >= 15 is 0 Å². The van der Waals surface area contributed by atoms with Gasteiger partial charge in [-0.25, -0.2) is 0 Å². The van der Waals surface area contributed by atoms with Crippen molar-refractivity contribution in [1.29, 1.82) is 0 Å². The Morgan fingerprint density at radius 3 is 2.57 bits per heavy atom. The summed E-state index contributed by atoms with van der Waals surface area (Å²) in [6, 6.07) is 9.33. The van der Waals surface area contributed by atoms with Crippen molar-refractivity contribution in [1.82, 2.24) is 5.32 Å². The smallest absolute Gasteiger partial charge is 0.0346 e. The zero-order valence-electron chi connectivity index (χ0n) is 13.5. The molecule has 0 amide bonds. The van der Waals surface area contributed by atoms with Crippen LogP contribution < -0.4 is 5.32 Å². The van der Waals surface area contributed by atoms with Gasteiger partial charge in [-0.1, -0.05) is 70.6 Å². The van der Waals surface area contributed by atoms with Crippen molar-refractivity contribution < 1.29 is 0 Å². The average Bonchev–Trinajstić information content (AvgIpc) is 2.93. The van der Waals surface area contributed by atoms with Crippen LogP contribution in [0, 0.1) is 0 Å². The highest BCUT2D eigenvalue weighted by atomic mass is 32.1. The Hall–Kier alpha value is -0.860. The molecule has 0 saturated carbocycles. The average molecular weight is 304 g/mol. The van der Waals surface area contributed by atoms with E-state index in [1.807, 2.05) is 11.3 Å². The first-order valence-corrected chi connectivity index (χ1v) is 9.44. The molecule has 1 atom stereocenters. The van der Waals surface area contributed by atoms with Crippen molar-refractivity contribution in [2.75, 3.05) is 6.54 Å². The van der Waals surface area contributed by atoms with Gasteiger partial charge in [0.25, 0.3) is 0 Å². The zero-order chi connectivity index (χ0) is 14.9. The molecule has 21 heavy (non-hydrogen) atoms. The van der Waals surface area contributed by atoms with E-state index in [1.165, 1.54) is 60.6 Å². The molecular weight excluding hydrogens is 274 g/mol. The van der Waals surface area contributed by atoms with E-state index in [0.29, 0.717) is 6.04 Å². The second kappa shape index (κ2) is 9.22. The van der Waals surface area contributed by atoms with Gasteiger partial charge < -0.3 is 5.32 Å². The SMILES string of the molecule is CCCCCCCCC(NCC)c1csc2ccccc12. The third-order valence-electron chi connectivity index (χ3n) is 4.18. The Kier molecular flexibility index (Phi) is 7.25. The van der Waals surface area contributed by atoms with Crippen molar-refractivity contribution >= 4 is 21.4 Å². The molecule has 1 N–H and O–H groups in total. The Balaban J connectivity index is 1.92. The highest BCUT2D eigenvalue weighted by molar-refractivity contribution is 7.17. The Labute approximate surface area is 133 Å². The van der Waals surface area contributed by atoms with E-state index in [0.717, 1.165) is 6.54 Å². The maximum atomic E-state index is 3.69. The molecule has 1 unspecified atom stereocenters. The van der Waals surface area contributed by atoms with Gasteiger partial charge in [0, 0.05) is 10.7 Å². The minimum atomic E-state index is 0.525. The van der Waals surface area contributed by atoms with Crippen LogP contribution in [0.25, 0.3) is 10.1 Å². The summed E-state index contributed by atoms with van der Waals surface area (Å²) in [7, 11) is 0. The minimum absolute atomic E-state index is 0.525. The highest BCUT2D eigenvalue weighted by Gasteiger charge is 2.14. The molecule has 2 heteroatoms. The van der Waals surface area contributed by atoms with Crippen LogP contribution in [0.3, 0.4) is 0 Å². The maximum Gasteiger partial charge on any atom is 0.0346 e. The molecule has 2 rings (SSSR count). The quantitative estimate of drug-likeness (QED) is 0.508. The standard InChI is InChI=1S/C19H29NS/c1-3-5-6-7-8-9-13-18(20-4-2)17-15-21-19-14-11-10-12-16(17)19/h10-12,14-15,18,20H,3-9,13H2,1-2H3. The van der Waals surface area contributed by atoms with Crippen molar-refractivity contribution in [2.45, 2.75) is 64.8 Å². The molecule has 1 nitrogen and oxygen atoms in total. The van der Waals surface area contributed by atoms with Gasteiger partial charge in [-0.05, 0) is 35.4 Å². The molecule has 0 aliphatic rings.